The summed E-state index contributed by atoms with van der Waals surface area (Å²) in [6.07, 6.45) is 8.80. The Labute approximate surface area is 171 Å². The zero-order valence-electron chi connectivity index (χ0n) is 17.0. The summed E-state index contributed by atoms with van der Waals surface area (Å²) in [5.74, 6) is 10.1. The Kier molecular flexibility index (Phi) is 7.51. The first kappa shape index (κ1) is 21.2. The van der Waals surface area contributed by atoms with Crippen molar-refractivity contribution in [2.24, 2.45) is 17.4 Å². The molecule has 1 aromatic carbocycles. The van der Waals surface area contributed by atoms with Crippen LogP contribution in [0.4, 0.5) is 0 Å². The van der Waals surface area contributed by atoms with Gasteiger partial charge in [-0.1, -0.05) is 19.3 Å². The number of nitrogens with two attached hydrogens (primary N) is 3. The summed E-state index contributed by atoms with van der Waals surface area (Å²) in [6, 6.07) is 6.08. The molecule has 0 bridgehead atoms. The molecule has 7 N–H and O–H groups in total. The number of hydrogen-bond acceptors (Lipinski definition) is 7. The highest BCUT2D eigenvalue weighted by atomic mass is 16.5. The first-order valence-electron chi connectivity index (χ1n) is 10.2. The van der Waals surface area contributed by atoms with Crippen LogP contribution in [0.25, 0.3) is 22.6 Å². The van der Waals surface area contributed by atoms with Crippen molar-refractivity contribution in [3.05, 3.63) is 35.8 Å². The van der Waals surface area contributed by atoms with Crippen LogP contribution in [0.3, 0.4) is 0 Å². The predicted octanol–water partition coefficient (Wildman–Crippen LogP) is 2.92. The molecule has 0 aliphatic heterocycles. The van der Waals surface area contributed by atoms with Crippen LogP contribution in [0.2, 0.25) is 0 Å². The van der Waals surface area contributed by atoms with E-state index in [0.717, 1.165) is 46.0 Å². The van der Waals surface area contributed by atoms with Gasteiger partial charge in [-0.3, -0.25) is 11.7 Å². The van der Waals surface area contributed by atoms with Gasteiger partial charge in [0.15, 0.2) is 11.5 Å². The maximum Gasteiger partial charge on any atom is 0.162 e. The SMILES string of the molecule is Cc1cc(OCCCN)ccc1-c1nc(C2CCCCC2)c2nc[nH]c2n1.NN. The van der Waals surface area contributed by atoms with E-state index in [-0.39, 0.29) is 0 Å². The van der Waals surface area contributed by atoms with Crippen LogP contribution in [-0.2, 0) is 0 Å². The van der Waals surface area contributed by atoms with E-state index >= 15 is 0 Å². The molecule has 1 saturated carbocycles. The Bertz CT molecular complexity index is 919. The number of H-pyrrole nitrogens is 1. The van der Waals surface area contributed by atoms with Crippen molar-refractivity contribution in [1.82, 2.24) is 19.9 Å². The highest BCUT2D eigenvalue weighted by molar-refractivity contribution is 5.77. The Morgan fingerprint density at radius 3 is 2.66 bits per heavy atom. The molecule has 0 amide bonds. The second kappa shape index (κ2) is 10.3. The fraction of sp³-hybridized carbons (Fsp3) is 0.476. The van der Waals surface area contributed by atoms with E-state index in [1.54, 1.807) is 6.33 Å². The number of aromatic amines is 1. The zero-order chi connectivity index (χ0) is 20.6. The van der Waals surface area contributed by atoms with Crippen LogP contribution in [0, 0.1) is 6.92 Å². The first-order chi connectivity index (χ1) is 14.3. The summed E-state index contributed by atoms with van der Waals surface area (Å²) in [7, 11) is 0. The number of imidazole rings is 1. The maximum absolute atomic E-state index is 5.76. The molecule has 0 radical (unpaired) electrons. The number of hydrazine groups is 1. The van der Waals surface area contributed by atoms with Crippen molar-refractivity contribution < 1.29 is 4.74 Å². The minimum Gasteiger partial charge on any atom is -0.494 e. The maximum atomic E-state index is 5.76. The monoisotopic (exact) mass is 397 g/mol. The molecule has 2 heterocycles. The second-order valence-electron chi connectivity index (χ2n) is 7.33. The lowest BCUT2D eigenvalue weighted by atomic mass is 9.86. The van der Waals surface area contributed by atoms with E-state index in [1.807, 2.05) is 12.1 Å². The van der Waals surface area contributed by atoms with Crippen LogP contribution in [0.1, 0.15) is 55.7 Å². The number of fused-ring (bicyclic) bond motifs is 1. The molecule has 1 fully saturated rings. The fourth-order valence-corrected chi connectivity index (χ4v) is 3.89. The highest BCUT2D eigenvalue weighted by Crippen LogP contribution is 2.35. The van der Waals surface area contributed by atoms with E-state index < -0.39 is 0 Å². The van der Waals surface area contributed by atoms with Crippen molar-refractivity contribution in [2.75, 3.05) is 13.2 Å². The average molecular weight is 398 g/mol. The van der Waals surface area contributed by atoms with Gasteiger partial charge in [0.1, 0.15) is 11.3 Å². The molecule has 8 heteroatoms. The molecule has 0 atom stereocenters. The molecule has 2 aromatic heterocycles. The Hall–Kier alpha value is -2.55. The van der Waals surface area contributed by atoms with Gasteiger partial charge >= 0.3 is 0 Å². The number of aromatic nitrogens is 4. The van der Waals surface area contributed by atoms with Crippen molar-refractivity contribution in [3.63, 3.8) is 0 Å². The summed E-state index contributed by atoms with van der Waals surface area (Å²) in [4.78, 5) is 17.4. The van der Waals surface area contributed by atoms with Crippen LogP contribution in [-0.4, -0.2) is 33.1 Å². The molecule has 0 unspecified atom stereocenters. The second-order valence-corrected chi connectivity index (χ2v) is 7.33. The number of aryl methyl sites for hydroxylation is 1. The van der Waals surface area contributed by atoms with E-state index in [9.17, 15) is 0 Å². The lowest BCUT2D eigenvalue weighted by Crippen LogP contribution is -2.09. The van der Waals surface area contributed by atoms with Crippen molar-refractivity contribution in [2.45, 2.75) is 51.4 Å². The lowest BCUT2D eigenvalue weighted by molar-refractivity contribution is 0.313. The van der Waals surface area contributed by atoms with Crippen LogP contribution in [0.5, 0.6) is 5.75 Å². The van der Waals surface area contributed by atoms with Gasteiger partial charge in [0.25, 0.3) is 0 Å². The minimum absolute atomic E-state index is 0.477. The molecule has 1 aliphatic rings. The van der Waals surface area contributed by atoms with Crippen molar-refractivity contribution >= 4 is 11.2 Å². The molecule has 29 heavy (non-hydrogen) atoms. The quantitative estimate of drug-likeness (QED) is 0.284. The van der Waals surface area contributed by atoms with Gasteiger partial charge < -0.3 is 15.5 Å². The third-order valence-electron chi connectivity index (χ3n) is 5.35. The standard InChI is InChI=1S/C21H27N5O.H4N2/c1-14-12-16(27-11-5-10-22)8-9-17(14)20-25-18(15-6-3-2-4-7-15)19-21(26-20)24-13-23-19;1-2/h8-9,12-13,15H,2-7,10-11,22H2,1H3,(H,23,24,25,26);1-2H2. The summed E-state index contributed by atoms with van der Waals surface area (Å²) >= 11 is 0. The van der Waals surface area contributed by atoms with Crippen LogP contribution in [0.15, 0.2) is 24.5 Å². The van der Waals surface area contributed by atoms with E-state index in [4.69, 9.17) is 20.4 Å². The molecule has 4 rings (SSSR count). The molecule has 8 nitrogen and oxygen atoms in total. The Morgan fingerprint density at radius 2 is 1.93 bits per heavy atom. The van der Waals surface area contributed by atoms with Crippen molar-refractivity contribution in [3.8, 4) is 17.1 Å². The molecule has 1 aliphatic carbocycles. The van der Waals surface area contributed by atoms with E-state index in [0.29, 0.717) is 19.1 Å². The Morgan fingerprint density at radius 1 is 1.14 bits per heavy atom. The number of benzene rings is 1. The zero-order valence-corrected chi connectivity index (χ0v) is 17.0. The predicted molar refractivity (Wildman–Crippen MR) is 115 cm³/mol. The summed E-state index contributed by atoms with van der Waals surface area (Å²) in [6.45, 7) is 3.35. The Balaban J connectivity index is 0.00000117. The minimum atomic E-state index is 0.477. The fourth-order valence-electron chi connectivity index (χ4n) is 3.89. The largest absolute Gasteiger partial charge is 0.494 e. The normalized spacial score (nSPS) is 14.5. The summed E-state index contributed by atoms with van der Waals surface area (Å²) < 4.78 is 5.76. The molecule has 156 valence electrons. The molecule has 0 spiro atoms. The average Bonchev–Trinajstić information content (AvgIpc) is 3.24. The van der Waals surface area contributed by atoms with Gasteiger partial charge in [-0.2, -0.15) is 0 Å². The summed E-state index contributed by atoms with van der Waals surface area (Å²) in [5, 5.41) is 0. The topological polar surface area (TPSA) is 142 Å². The molecular weight excluding hydrogens is 366 g/mol. The van der Waals surface area contributed by atoms with Gasteiger partial charge in [-0.15, -0.1) is 0 Å². The third kappa shape index (κ3) is 4.90. The summed E-state index contributed by atoms with van der Waals surface area (Å²) in [5.41, 5.74) is 10.5. The number of nitrogens with one attached hydrogen (secondary N) is 1. The lowest BCUT2D eigenvalue weighted by Gasteiger charge is -2.21. The molecule has 3 aromatic rings. The number of nitrogens with zero attached hydrogens (tertiary/aromatic N) is 3. The van der Waals surface area contributed by atoms with E-state index in [2.05, 4.69) is 34.6 Å². The van der Waals surface area contributed by atoms with Crippen molar-refractivity contribution in [1.29, 1.82) is 0 Å². The third-order valence-corrected chi connectivity index (χ3v) is 5.35. The van der Waals surface area contributed by atoms with E-state index in [1.165, 1.54) is 32.1 Å². The highest BCUT2D eigenvalue weighted by Gasteiger charge is 2.22. The number of ether oxygens (including phenoxy) is 1. The van der Waals surface area contributed by atoms with Gasteiger partial charge in [-0.05, 0) is 56.5 Å². The van der Waals surface area contributed by atoms with Gasteiger partial charge in [-0.25, -0.2) is 15.0 Å². The van der Waals surface area contributed by atoms with Crippen LogP contribution >= 0.6 is 0 Å². The van der Waals surface area contributed by atoms with Gasteiger partial charge in [0, 0.05) is 11.5 Å². The number of hydrogen-bond donors (Lipinski definition) is 4. The van der Waals surface area contributed by atoms with Gasteiger partial charge in [0.05, 0.1) is 18.6 Å². The van der Waals surface area contributed by atoms with Crippen LogP contribution < -0.4 is 22.2 Å². The molecule has 0 saturated heterocycles. The first-order valence-corrected chi connectivity index (χ1v) is 10.2. The van der Waals surface area contributed by atoms with Gasteiger partial charge in [0.2, 0.25) is 0 Å². The molecular formula is C21H31N7O. The number of rotatable bonds is 6. The smallest absolute Gasteiger partial charge is 0.162 e.